The van der Waals surface area contributed by atoms with Crippen LogP contribution in [0, 0.1) is 11.6 Å². The lowest BCUT2D eigenvalue weighted by molar-refractivity contribution is 0.0257. The van der Waals surface area contributed by atoms with Gasteiger partial charge in [-0.3, -0.25) is 9.80 Å². The highest BCUT2D eigenvalue weighted by atomic mass is 32.2. The zero-order chi connectivity index (χ0) is 25.7. The lowest BCUT2D eigenvalue weighted by atomic mass is 9.87. The number of nitrogens with one attached hydrogen (secondary N) is 1. The van der Waals surface area contributed by atoms with Gasteiger partial charge in [0.2, 0.25) is 0 Å². The number of ether oxygens (including phenoxy) is 1. The molecule has 1 aromatic carbocycles. The molecule has 12 heteroatoms. The van der Waals surface area contributed by atoms with Crippen LogP contribution in [0.4, 0.5) is 13.6 Å². The van der Waals surface area contributed by atoms with Crippen LogP contribution in [0.2, 0.25) is 0 Å². The Bertz CT molecular complexity index is 1230. The van der Waals surface area contributed by atoms with E-state index in [4.69, 9.17) is 4.74 Å². The zero-order valence-electron chi connectivity index (χ0n) is 20.5. The van der Waals surface area contributed by atoms with Crippen molar-refractivity contribution in [2.45, 2.75) is 64.0 Å². The third-order valence-corrected chi connectivity index (χ3v) is 7.28. The fraction of sp³-hybridized carbons (Fsp3) is 0.565. The fourth-order valence-electron chi connectivity index (χ4n) is 5.00. The van der Waals surface area contributed by atoms with Crippen molar-refractivity contribution in [2.24, 2.45) is 0 Å². The van der Waals surface area contributed by atoms with Gasteiger partial charge in [-0.2, -0.15) is 9.19 Å². The molecule has 1 N–H and O–H groups in total. The van der Waals surface area contributed by atoms with Crippen molar-refractivity contribution in [2.75, 3.05) is 19.8 Å². The highest BCUT2D eigenvalue weighted by molar-refractivity contribution is 7.89. The molecule has 9 nitrogen and oxygen atoms in total. The highest BCUT2D eigenvalue weighted by Crippen LogP contribution is 2.36. The number of carbonyl (C=O) groups is 1. The quantitative estimate of drug-likeness (QED) is 0.674. The normalized spacial score (nSPS) is 23.8. The fourth-order valence-corrected chi connectivity index (χ4v) is 5.79. The first-order valence-corrected chi connectivity index (χ1v) is 13.2. The predicted molar refractivity (Wildman–Crippen MR) is 125 cm³/mol. The summed E-state index contributed by atoms with van der Waals surface area (Å²) in [6.45, 7) is 6.63. The molecule has 0 radical (unpaired) electrons. The van der Waals surface area contributed by atoms with Gasteiger partial charge in [-0.15, -0.1) is 0 Å². The van der Waals surface area contributed by atoms with Gasteiger partial charge in [-0.1, -0.05) is 0 Å². The summed E-state index contributed by atoms with van der Waals surface area (Å²) in [6.07, 6.45) is 2.46. The van der Waals surface area contributed by atoms with E-state index in [1.165, 1.54) is 0 Å². The molecular weight excluding hydrogens is 480 g/mol. The lowest BCUT2D eigenvalue weighted by Gasteiger charge is -2.46. The van der Waals surface area contributed by atoms with Crippen molar-refractivity contribution < 1.29 is 26.7 Å². The van der Waals surface area contributed by atoms with Gasteiger partial charge < -0.3 is 10.1 Å². The number of halogens is 2. The first kappa shape index (κ1) is 25.5. The van der Waals surface area contributed by atoms with Crippen LogP contribution in [0.1, 0.15) is 50.1 Å². The Balaban J connectivity index is 1.60. The van der Waals surface area contributed by atoms with Crippen LogP contribution in [0.3, 0.4) is 0 Å². The van der Waals surface area contributed by atoms with Crippen LogP contribution < -0.4 is 5.32 Å². The molecular formula is C23H31F2N5O4S. The SMILES string of the molecule is CN1C[C@H](N2Cc3cnn(S(C)(=O)=O)c3C2)C[C@H](NC(=O)OC(C)(C)C)C1c1cc(F)ccc1F. The molecule has 1 unspecified atom stereocenters. The number of likely N-dealkylation sites (N-methyl/N-ethyl adjacent to an activating group) is 1. The molecule has 1 fully saturated rings. The van der Waals surface area contributed by atoms with Crippen LogP contribution in [-0.4, -0.2) is 71.0 Å². The number of hydrogen-bond donors (Lipinski definition) is 1. The second-order valence-corrected chi connectivity index (χ2v) is 12.1. The topological polar surface area (TPSA) is 96.8 Å². The molecule has 192 valence electrons. The number of rotatable bonds is 4. The van der Waals surface area contributed by atoms with E-state index in [0.717, 1.165) is 34.1 Å². The smallest absolute Gasteiger partial charge is 0.407 e. The molecule has 2 aliphatic heterocycles. The minimum absolute atomic E-state index is 0.0896. The number of nitrogens with zero attached hydrogens (tertiary/aromatic N) is 4. The Morgan fingerprint density at radius 3 is 2.60 bits per heavy atom. The summed E-state index contributed by atoms with van der Waals surface area (Å²) in [4.78, 5) is 16.7. The summed E-state index contributed by atoms with van der Waals surface area (Å²) in [5.74, 6) is -1.12. The van der Waals surface area contributed by atoms with Gasteiger partial charge in [-0.25, -0.2) is 22.0 Å². The summed E-state index contributed by atoms with van der Waals surface area (Å²) in [5, 5.41) is 6.88. The molecule has 3 atom stereocenters. The Morgan fingerprint density at radius 1 is 1.23 bits per heavy atom. The van der Waals surface area contributed by atoms with Gasteiger partial charge in [0, 0.05) is 36.8 Å². The molecule has 35 heavy (non-hydrogen) atoms. The Hall–Kier alpha value is -2.57. The van der Waals surface area contributed by atoms with Crippen LogP contribution in [-0.2, 0) is 27.8 Å². The Morgan fingerprint density at radius 2 is 1.94 bits per heavy atom. The maximum absolute atomic E-state index is 14.8. The molecule has 0 aliphatic carbocycles. The molecule has 1 amide bonds. The summed E-state index contributed by atoms with van der Waals surface area (Å²) in [5.41, 5.74) is 0.875. The number of hydrogen-bond acceptors (Lipinski definition) is 7. The number of aromatic nitrogens is 2. The number of amides is 1. The molecule has 0 spiro atoms. The van der Waals surface area contributed by atoms with Crippen molar-refractivity contribution in [3.63, 3.8) is 0 Å². The summed E-state index contributed by atoms with van der Waals surface area (Å²) < 4.78 is 59.5. The summed E-state index contributed by atoms with van der Waals surface area (Å²) in [6, 6.07) is 2.02. The van der Waals surface area contributed by atoms with Crippen molar-refractivity contribution in [3.8, 4) is 0 Å². The number of likely N-dealkylation sites (tertiary alicyclic amines) is 1. The van der Waals surface area contributed by atoms with E-state index < -0.39 is 45.4 Å². The number of carbonyl (C=O) groups excluding carboxylic acids is 1. The molecule has 1 saturated heterocycles. The molecule has 1 aromatic heterocycles. The molecule has 4 rings (SSSR count). The predicted octanol–water partition coefficient (Wildman–Crippen LogP) is 2.62. The third kappa shape index (κ3) is 5.49. The maximum Gasteiger partial charge on any atom is 0.407 e. The van der Waals surface area contributed by atoms with E-state index in [0.29, 0.717) is 31.7 Å². The van der Waals surface area contributed by atoms with Gasteiger partial charge >= 0.3 is 6.09 Å². The highest BCUT2D eigenvalue weighted by Gasteiger charge is 2.42. The second kappa shape index (κ2) is 9.14. The average Bonchev–Trinajstić information content (AvgIpc) is 3.28. The number of alkyl carbamates (subject to hydrolysis) is 1. The van der Waals surface area contributed by atoms with Gasteiger partial charge in [0.25, 0.3) is 10.0 Å². The maximum atomic E-state index is 14.8. The van der Waals surface area contributed by atoms with E-state index in [2.05, 4.69) is 15.3 Å². The lowest BCUT2D eigenvalue weighted by Crippen LogP contribution is -2.57. The van der Waals surface area contributed by atoms with Crippen molar-refractivity contribution in [3.05, 3.63) is 52.9 Å². The minimum atomic E-state index is -3.53. The van der Waals surface area contributed by atoms with Crippen LogP contribution in [0.15, 0.2) is 24.4 Å². The summed E-state index contributed by atoms with van der Waals surface area (Å²) in [7, 11) is -1.73. The Labute approximate surface area is 204 Å². The van der Waals surface area contributed by atoms with Crippen LogP contribution in [0.5, 0.6) is 0 Å². The van der Waals surface area contributed by atoms with E-state index in [1.807, 2.05) is 4.90 Å². The zero-order valence-corrected chi connectivity index (χ0v) is 21.3. The van der Waals surface area contributed by atoms with E-state index in [-0.39, 0.29) is 11.6 Å². The van der Waals surface area contributed by atoms with Crippen molar-refractivity contribution in [1.82, 2.24) is 24.3 Å². The number of benzene rings is 1. The molecule has 2 aromatic rings. The van der Waals surface area contributed by atoms with Crippen LogP contribution in [0.25, 0.3) is 0 Å². The molecule has 0 bridgehead atoms. The largest absolute Gasteiger partial charge is 0.444 e. The first-order chi connectivity index (χ1) is 16.2. The van der Waals surface area contributed by atoms with Crippen LogP contribution >= 0.6 is 0 Å². The van der Waals surface area contributed by atoms with Gasteiger partial charge in [0.15, 0.2) is 0 Å². The molecule has 2 aliphatic rings. The van der Waals surface area contributed by atoms with E-state index in [1.54, 1.807) is 34.0 Å². The van der Waals surface area contributed by atoms with E-state index >= 15 is 0 Å². The monoisotopic (exact) mass is 511 g/mol. The van der Waals surface area contributed by atoms with Crippen molar-refractivity contribution >= 4 is 16.1 Å². The average molecular weight is 512 g/mol. The minimum Gasteiger partial charge on any atom is -0.444 e. The van der Waals surface area contributed by atoms with Gasteiger partial charge in [-0.05, 0) is 52.4 Å². The molecule has 3 heterocycles. The second-order valence-electron chi connectivity index (χ2n) is 10.3. The first-order valence-electron chi connectivity index (χ1n) is 11.4. The number of piperidine rings is 1. The van der Waals surface area contributed by atoms with E-state index in [9.17, 15) is 22.0 Å². The van der Waals surface area contributed by atoms with Gasteiger partial charge in [0.1, 0.15) is 17.2 Å². The van der Waals surface area contributed by atoms with Gasteiger partial charge in [0.05, 0.1) is 30.2 Å². The Kier molecular flexibility index (Phi) is 6.66. The summed E-state index contributed by atoms with van der Waals surface area (Å²) >= 11 is 0. The van der Waals surface area contributed by atoms with Crippen molar-refractivity contribution in [1.29, 1.82) is 0 Å². The third-order valence-electron chi connectivity index (χ3n) is 6.34. The molecule has 0 saturated carbocycles. The number of fused-ring (bicyclic) bond motifs is 1. The standard InChI is InChI=1S/C23H31F2N5O4S/c1-23(2,3)34-22(31)27-19-9-16(12-28(4)21(19)17-8-15(24)6-7-18(17)25)29-11-14-10-26-30(20(14)13-29)35(5,32)33/h6-8,10,16,19,21H,9,11-13H2,1-5H3,(H,27,31)/t16-,19+,21?/m1/s1.